The highest BCUT2D eigenvalue weighted by Crippen LogP contribution is 2.24. The van der Waals surface area contributed by atoms with Crippen LogP contribution < -0.4 is 5.32 Å². The summed E-state index contributed by atoms with van der Waals surface area (Å²) in [7, 11) is 0. The van der Waals surface area contributed by atoms with Gasteiger partial charge in [0.2, 0.25) is 0 Å². The van der Waals surface area contributed by atoms with Crippen molar-refractivity contribution in [2.45, 2.75) is 26.3 Å². The highest BCUT2D eigenvalue weighted by molar-refractivity contribution is 6.31. The lowest BCUT2D eigenvalue weighted by molar-refractivity contribution is 0.760. The Morgan fingerprint density at radius 1 is 1.47 bits per heavy atom. The predicted molar refractivity (Wildman–Crippen MR) is 69.7 cm³/mol. The summed E-state index contributed by atoms with van der Waals surface area (Å²) in [4.78, 5) is 3.95. The number of aromatic nitrogens is 3. The number of rotatable bonds is 4. The molecule has 4 nitrogen and oxygen atoms in total. The molecule has 90 valence electrons. The summed E-state index contributed by atoms with van der Waals surface area (Å²) in [6, 6.07) is 6.07. The molecule has 1 aromatic carbocycles. The van der Waals surface area contributed by atoms with Gasteiger partial charge in [-0.15, -0.1) is 0 Å². The van der Waals surface area contributed by atoms with E-state index in [1.165, 1.54) is 6.33 Å². The van der Waals surface area contributed by atoms with Crippen LogP contribution in [-0.4, -0.2) is 20.8 Å². The lowest BCUT2D eigenvalue weighted by Crippen LogP contribution is -2.15. The summed E-state index contributed by atoms with van der Waals surface area (Å²) in [5, 5.41) is 8.26. The maximum absolute atomic E-state index is 6.02. The van der Waals surface area contributed by atoms with Crippen LogP contribution in [0.5, 0.6) is 0 Å². The molecule has 1 aromatic heterocycles. The Labute approximate surface area is 106 Å². The number of nitrogens with one attached hydrogen (secondary N) is 1. The van der Waals surface area contributed by atoms with Gasteiger partial charge in [-0.2, -0.15) is 5.10 Å². The summed E-state index contributed by atoms with van der Waals surface area (Å²) in [6.07, 6.45) is 4.23. The van der Waals surface area contributed by atoms with E-state index in [1.807, 2.05) is 18.2 Å². The summed E-state index contributed by atoms with van der Waals surface area (Å²) >= 11 is 6.02. The van der Waals surface area contributed by atoms with Crippen LogP contribution in [0.4, 0.5) is 5.69 Å². The Morgan fingerprint density at radius 3 is 2.94 bits per heavy atom. The van der Waals surface area contributed by atoms with Crippen molar-refractivity contribution in [3.63, 3.8) is 0 Å². The molecule has 1 atom stereocenters. The molecule has 2 aromatic rings. The maximum Gasteiger partial charge on any atom is 0.138 e. The van der Waals surface area contributed by atoms with Crippen molar-refractivity contribution >= 4 is 17.3 Å². The molecule has 0 amide bonds. The molecule has 0 radical (unpaired) electrons. The van der Waals surface area contributed by atoms with Crippen LogP contribution in [0.1, 0.15) is 20.3 Å². The van der Waals surface area contributed by atoms with Crippen molar-refractivity contribution in [2.75, 3.05) is 5.32 Å². The molecule has 1 heterocycles. The van der Waals surface area contributed by atoms with E-state index in [1.54, 1.807) is 11.0 Å². The summed E-state index contributed by atoms with van der Waals surface area (Å²) < 4.78 is 1.72. The second kappa shape index (κ2) is 5.19. The third kappa shape index (κ3) is 2.77. The molecular formula is C12H15ClN4. The van der Waals surface area contributed by atoms with Crippen molar-refractivity contribution in [1.82, 2.24) is 14.8 Å². The third-order valence-corrected chi connectivity index (χ3v) is 2.87. The quantitative estimate of drug-likeness (QED) is 0.907. The van der Waals surface area contributed by atoms with Gasteiger partial charge in [0.05, 0.1) is 11.4 Å². The number of halogens is 1. The first-order chi connectivity index (χ1) is 8.20. The van der Waals surface area contributed by atoms with Crippen molar-refractivity contribution in [1.29, 1.82) is 0 Å². The second-order valence-electron chi connectivity index (χ2n) is 3.96. The summed E-state index contributed by atoms with van der Waals surface area (Å²) in [6.45, 7) is 4.27. The van der Waals surface area contributed by atoms with Crippen LogP contribution in [0.3, 0.4) is 0 Å². The van der Waals surface area contributed by atoms with E-state index in [0.717, 1.165) is 17.8 Å². The zero-order chi connectivity index (χ0) is 12.3. The average Bonchev–Trinajstić information content (AvgIpc) is 2.82. The van der Waals surface area contributed by atoms with Gasteiger partial charge in [-0.3, -0.25) is 0 Å². The minimum atomic E-state index is 0.385. The molecule has 0 spiro atoms. The van der Waals surface area contributed by atoms with Gasteiger partial charge in [0.25, 0.3) is 0 Å². The Hall–Kier alpha value is -1.55. The Bertz CT molecular complexity index is 481. The highest BCUT2D eigenvalue weighted by atomic mass is 35.5. The normalized spacial score (nSPS) is 12.4. The molecule has 0 aliphatic rings. The van der Waals surface area contributed by atoms with Crippen LogP contribution >= 0.6 is 11.6 Å². The number of hydrogen-bond acceptors (Lipinski definition) is 3. The molecule has 0 bridgehead atoms. The van der Waals surface area contributed by atoms with E-state index in [4.69, 9.17) is 11.6 Å². The molecular weight excluding hydrogens is 236 g/mol. The fraction of sp³-hybridized carbons (Fsp3) is 0.333. The first kappa shape index (κ1) is 11.9. The van der Waals surface area contributed by atoms with Gasteiger partial charge >= 0.3 is 0 Å². The van der Waals surface area contributed by atoms with E-state index in [9.17, 15) is 0 Å². The lowest BCUT2D eigenvalue weighted by atomic mass is 10.2. The molecule has 17 heavy (non-hydrogen) atoms. The zero-order valence-electron chi connectivity index (χ0n) is 9.89. The Kier molecular flexibility index (Phi) is 3.64. The lowest BCUT2D eigenvalue weighted by Gasteiger charge is -2.16. The highest BCUT2D eigenvalue weighted by Gasteiger charge is 2.08. The van der Waals surface area contributed by atoms with Gasteiger partial charge in [0, 0.05) is 11.1 Å². The second-order valence-corrected chi connectivity index (χ2v) is 4.39. The molecule has 0 aliphatic heterocycles. The van der Waals surface area contributed by atoms with Crippen LogP contribution in [0.25, 0.3) is 5.69 Å². The van der Waals surface area contributed by atoms with Crippen LogP contribution in [0, 0.1) is 0 Å². The molecule has 5 heteroatoms. The van der Waals surface area contributed by atoms with Gasteiger partial charge in [-0.05, 0) is 31.5 Å². The van der Waals surface area contributed by atoms with Crippen molar-refractivity contribution in [3.05, 3.63) is 35.9 Å². The molecule has 1 N–H and O–H groups in total. The number of anilines is 1. The third-order valence-electron chi connectivity index (χ3n) is 2.64. The topological polar surface area (TPSA) is 42.7 Å². The standard InChI is InChI=1S/C12H15ClN4/c1-3-9(2)16-11-6-10(13)4-5-12(11)17-8-14-7-15-17/h4-9,16H,3H2,1-2H3. The fourth-order valence-electron chi connectivity index (χ4n) is 1.52. The van der Waals surface area contributed by atoms with Gasteiger partial charge in [-0.25, -0.2) is 9.67 Å². The first-order valence-electron chi connectivity index (χ1n) is 5.61. The van der Waals surface area contributed by atoms with Gasteiger partial charge in [-0.1, -0.05) is 18.5 Å². The Morgan fingerprint density at radius 2 is 2.29 bits per heavy atom. The Balaban J connectivity index is 2.38. The summed E-state index contributed by atoms with van der Waals surface area (Å²) in [5.41, 5.74) is 1.92. The zero-order valence-corrected chi connectivity index (χ0v) is 10.6. The SMILES string of the molecule is CCC(C)Nc1cc(Cl)ccc1-n1cncn1. The number of nitrogens with zero attached hydrogens (tertiary/aromatic N) is 3. The smallest absolute Gasteiger partial charge is 0.138 e. The van der Waals surface area contributed by atoms with E-state index in [0.29, 0.717) is 11.1 Å². The van der Waals surface area contributed by atoms with E-state index < -0.39 is 0 Å². The maximum atomic E-state index is 6.02. The first-order valence-corrected chi connectivity index (χ1v) is 5.99. The average molecular weight is 251 g/mol. The van der Waals surface area contributed by atoms with E-state index in [2.05, 4.69) is 29.2 Å². The predicted octanol–water partition coefficient (Wildman–Crippen LogP) is 3.13. The van der Waals surface area contributed by atoms with Crippen LogP contribution in [0.2, 0.25) is 5.02 Å². The van der Waals surface area contributed by atoms with Crippen molar-refractivity contribution in [3.8, 4) is 5.69 Å². The molecule has 0 saturated carbocycles. The van der Waals surface area contributed by atoms with E-state index in [-0.39, 0.29) is 0 Å². The molecule has 1 unspecified atom stereocenters. The van der Waals surface area contributed by atoms with Gasteiger partial charge in [0.15, 0.2) is 0 Å². The minimum absolute atomic E-state index is 0.385. The van der Waals surface area contributed by atoms with E-state index >= 15 is 0 Å². The fourth-order valence-corrected chi connectivity index (χ4v) is 1.70. The monoisotopic (exact) mass is 250 g/mol. The van der Waals surface area contributed by atoms with Crippen LogP contribution in [0.15, 0.2) is 30.9 Å². The minimum Gasteiger partial charge on any atom is -0.381 e. The molecule has 0 aliphatic carbocycles. The number of benzene rings is 1. The molecule has 0 fully saturated rings. The van der Waals surface area contributed by atoms with Gasteiger partial charge < -0.3 is 5.32 Å². The summed E-state index contributed by atoms with van der Waals surface area (Å²) in [5.74, 6) is 0. The largest absolute Gasteiger partial charge is 0.381 e. The van der Waals surface area contributed by atoms with Gasteiger partial charge in [0.1, 0.15) is 12.7 Å². The molecule has 0 saturated heterocycles. The van der Waals surface area contributed by atoms with Crippen molar-refractivity contribution in [2.24, 2.45) is 0 Å². The van der Waals surface area contributed by atoms with Crippen molar-refractivity contribution < 1.29 is 0 Å². The van der Waals surface area contributed by atoms with Crippen LogP contribution in [-0.2, 0) is 0 Å². The number of hydrogen-bond donors (Lipinski definition) is 1. The molecule has 2 rings (SSSR count).